The van der Waals surface area contributed by atoms with Crippen LogP contribution in [0.15, 0.2) is 41.3 Å². The van der Waals surface area contributed by atoms with Gasteiger partial charge in [-0.3, -0.25) is 9.59 Å². The van der Waals surface area contributed by atoms with Crippen LogP contribution in [0, 0.1) is 0 Å². The van der Waals surface area contributed by atoms with E-state index in [1.807, 2.05) is 38.1 Å². The number of fused-ring (bicyclic) bond motifs is 1. The van der Waals surface area contributed by atoms with Crippen molar-refractivity contribution in [3.8, 4) is 5.75 Å². The Kier molecular flexibility index (Phi) is 8.02. The fourth-order valence-corrected chi connectivity index (χ4v) is 4.58. The van der Waals surface area contributed by atoms with Gasteiger partial charge in [0.15, 0.2) is 12.4 Å². The normalized spacial score (nSPS) is 14.4. The monoisotopic (exact) mass is 610 g/mol. The molecule has 0 atom stereocenters. The van der Waals surface area contributed by atoms with Gasteiger partial charge in [-0.15, -0.1) is 0 Å². The lowest BCUT2D eigenvalue weighted by Crippen LogP contribution is -2.42. The summed E-state index contributed by atoms with van der Waals surface area (Å²) in [4.78, 5) is 31.4. The number of hydrogen-bond acceptors (Lipinski definition) is 7. The van der Waals surface area contributed by atoms with Gasteiger partial charge in [-0.25, -0.2) is 8.10 Å². The Morgan fingerprint density at radius 2 is 1.94 bits per heavy atom. The van der Waals surface area contributed by atoms with Crippen LogP contribution in [0.1, 0.15) is 19.9 Å². The molecule has 1 amide bonds. The topological polar surface area (TPSA) is 91.7 Å². The van der Waals surface area contributed by atoms with Crippen LogP contribution in [-0.4, -0.2) is 58.4 Å². The molecule has 3 aromatic rings. The van der Waals surface area contributed by atoms with Crippen LogP contribution in [0.2, 0.25) is 5.02 Å². The largest absolute Gasteiger partial charge is 0.478 e. The fraction of sp³-hybridized carbons (Fsp3) is 0.375. The predicted molar refractivity (Wildman–Crippen MR) is 148 cm³/mol. The molecule has 1 aliphatic rings. The van der Waals surface area contributed by atoms with Gasteiger partial charge in [0.05, 0.1) is 22.4 Å². The number of halogens is 2. The molecular weight excluding hydrogens is 583 g/mol. The van der Waals surface area contributed by atoms with Gasteiger partial charge in [-0.1, -0.05) is 11.6 Å². The first-order chi connectivity index (χ1) is 16.8. The van der Waals surface area contributed by atoms with Crippen LogP contribution >= 0.6 is 34.5 Å². The second kappa shape index (κ2) is 11.0. The number of pyridine rings is 2. The van der Waals surface area contributed by atoms with E-state index in [-0.39, 0.29) is 29.9 Å². The van der Waals surface area contributed by atoms with E-state index in [1.54, 1.807) is 16.8 Å². The van der Waals surface area contributed by atoms with Crippen LogP contribution in [0.3, 0.4) is 0 Å². The molecule has 3 heterocycles. The van der Waals surface area contributed by atoms with Gasteiger partial charge in [0.25, 0.3) is 11.5 Å². The summed E-state index contributed by atoms with van der Waals surface area (Å²) < 4.78 is 9.49. The average molecular weight is 611 g/mol. The Morgan fingerprint density at radius 1 is 1.20 bits per heavy atom. The van der Waals surface area contributed by atoms with Crippen molar-refractivity contribution in [1.29, 1.82) is 0 Å². The summed E-state index contributed by atoms with van der Waals surface area (Å²) in [7, 11) is 1.52. The standard InChI is InChI=1S/C24H28ClIN6O3/c1-15(2)32-20-5-4-17(10-16(20)11-21(24(32)34)35-14-23(33)27-3)29-19-12-22(28-13-18(19)25)30-6-8-31(26)9-7-30/h4-5,10-13,15H,6-9,14H2,1-3H3,(H,27,33)(H,28,29). The van der Waals surface area contributed by atoms with E-state index in [2.05, 4.69) is 46.5 Å². The Balaban J connectivity index is 1.66. The number of aromatic nitrogens is 2. The minimum atomic E-state index is -0.306. The number of piperazine rings is 1. The van der Waals surface area contributed by atoms with Crippen LogP contribution in [0.5, 0.6) is 5.75 Å². The molecule has 0 unspecified atom stereocenters. The Labute approximate surface area is 222 Å². The number of carbonyl (C=O) groups is 1. The molecule has 0 aliphatic carbocycles. The van der Waals surface area contributed by atoms with Crippen molar-refractivity contribution < 1.29 is 9.53 Å². The summed E-state index contributed by atoms with van der Waals surface area (Å²) >= 11 is 8.81. The molecule has 0 radical (unpaired) electrons. The highest BCUT2D eigenvalue weighted by atomic mass is 127. The molecule has 186 valence electrons. The zero-order valence-corrected chi connectivity index (χ0v) is 22.8. The van der Waals surface area contributed by atoms with E-state index in [0.29, 0.717) is 5.02 Å². The first-order valence-corrected chi connectivity index (χ1v) is 12.7. The summed E-state index contributed by atoms with van der Waals surface area (Å²) in [5.74, 6) is 0.699. The molecule has 0 spiro atoms. The van der Waals surface area contributed by atoms with Gasteiger partial charge in [0.1, 0.15) is 5.82 Å². The lowest BCUT2D eigenvalue weighted by Gasteiger charge is -2.32. The van der Waals surface area contributed by atoms with Gasteiger partial charge in [0, 0.05) is 79.3 Å². The third kappa shape index (κ3) is 5.81. The number of nitrogens with zero attached hydrogens (tertiary/aromatic N) is 4. The van der Waals surface area contributed by atoms with E-state index in [1.165, 1.54) is 7.05 Å². The van der Waals surface area contributed by atoms with E-state index in [9.17, 15) is 9.59 Å². The van der Waals surface area contributed by atoms with Gasteiger partial charge >= 0.3 is 0 Å². The molecule has 4 rings (SSSR count). The second-order valence-corrected chi connectivity index (χ2v) is 10.3. The zero-order chi connectivity index (χ0) is 25.1. The molecule has 1 saturated heterocycles. The van der Waals surface area contributed by atoms with Gasteiger partial charge in [-0.05, 0) is 38.1 Å². The smallest absolute Gasteiger partial charge is 0.293 e. The van der Waals surface area contributed by atoms with E-state index in [4.69, 9.17) is 16.3 Å². The molecular formula is C24H28ClIN6O3. The molecule has 35 heavy (non-hydrogen) atoms. The summed E-state index contributed by atoms with van der Waals surface area (Å²) in [6.07, 6.45) is 1.66. The first kappa shape index (κ1) is 25.5. The molecule has 1 aromatic carbocycles. The van der Waals surface area contributed by atoms with Crippen molar-refractivity contribution in [3.63, 3.8) is 0 Å². The fourth-order valence-electron chi connectivity index (χ4n) is 3.99. The van der Waals surface area contributed by atoms with Crippen molar-refractivity contribution in [2.24, 2.45) is 0 Å². The third-order valence-corrected chi connectivity index (χ3v) is 7.09. The van der Waals surface area contributed by atoms with E-state index >= 15 is 0 Å². The number of amides is 1. The third-order valence-electron chi connectivity index (χ3n) is 5.83. The maximum atomic E-state index is 13.0. The highest BCUT2D eigenvalue weighted by molar-refractivity contribution is 14.1. The number of hydrogen-bond donors (Lipinski definition) is 2. The average Bonchev–Trinajstić information content (AvgIpc) is 2.84. The van der Waals surface area contributed by atoms with Crippen molar-refractivity contribution >= 4 is 68.5 Å². The quantitative estimate of drug-likeness (QED) is 0.309. The van der Waals surface area contributed by atoms with Crippen molar-refractivity contribution in [1.82, 2.24) is 18.0 Å². The minimum absolute atomic E-state index is 0.0902. The van der Waals surface area contributed by atoms with Gasteiger partial charge in [0.2, 0.25) is 0 Å². The number of anilines is 3. The maximum Gasteiger partial charge on any atom is 0.293 e. The first-order valence-electron chi connectivity index (χ1n) is 11.4. The number of ether oxygens (including phenoxy) is 1. The molecule has 1 aliphatic heterocycles. The molecule has 2 N–H and O–H groups in total. The van der Waals surface area contributed by atoms with E-state index < -0.39 is 0 Å². The molecule has 2 aromatic heterocycles. The number of likely N-dealkylation sites (N-methyl/N-ethyl adjacent to an activating group) is 1. The van der Waals surface area contributed by atoms with Gasteiger partial charge in [-0.2, -0.15) is 0 Å². The number of nitrogens with one attached hydrogen (secondary N) is 2. The van der Waals surface area contributed by atoms with Crippen LogP contribution in [0.25, 0.3) is 10.9 Å². The molecule has 11 heteroatoms. The Hall–Kier alpha value is -2.57. The molecule has 1 fully saturated rings. The van der Waals surface area contributed by atoms with Crippen molar-refractivity contribution in [2.45, 2.75) is 19.9 Å². The number of rotatable bonds is 7. The minimum Gasteiger partial charge on any atom is -0.478 e. The lowest BCUT2D eigenvalue weighted by atomic mass is 10.1. The second-order valence-electron chi connectivity index (χ2n) is 8.56. The molecule has 9 nitrogen and oxygen atoms in total. The predicted octanol–water partition coefficient (Wildman–Crippen LogP) is 3.97. The SMILES string of the molecule is CNC(=O)COc1cc2cc(Nc3cc(N4CCN(I)CC4)ncc3Cl)ccc2n(C(C)C)c1=O. The molecule has 0 saturated carbocycles. The summed E-state index contributed by atoms with van der Waals surface area (Å²) in [6, 6.07) is 9.29. The highest BCUT2D eigenvalue weighted by Crippen LogP contribution is 2.31. The van der Waals surface area contributed by atoms with Crippen LogP contribution in [0.4, 0.5) is 17.2 Å². The summed E-state index contributed by atoms with van der Waals surface area (Å²) in [5, 5.41) is 7.21. The van der Waals surface area contributed by atoms with E-state index in [0.717, 1.165) is 54.3 Å². The van der Waals surface area contributed by atoms with Crippen LogP contribution in [-0.2, 0) is 4.79 Å². The summed E-state index contributed by atoms with van der Waals surface area (Å²) in [6.45, 7) is 7.39. The van der Waals surface area contributed by atoms with Crippen molar-refractivity contribution in [3.05, 3.63) is 51.9 Å². The number of carbonyl (C=O) groups excluding carboxylic acids is 1. The van der Waals surface area contributed by atoms with Gasteiger partial charge < -0.3 is 24.8 Å². The molecule has 0 bridgehead atoms. The Morgan fingerprint density at radius 3 is 2.63 bits per heavy atom. The van der Waals surface area contributed by atoms with Crippen molar-refractivity contribution in [2.75, 3.05) is 50.1 Å². The Bertz CT molecular complexity index is 1290. The lowest BCUT2D eigenvalue weighted by molar-refractivity contribution is -0.122. The van der Waals surface area contributed by atoms with Crippen LogP contribution < -0.4 is 25.8 Å². The number of benzene rings is 1. The highest BCUT2D eigenvalue weighted by Gasteiger charge is 2.18. The summed E-state index contributed by atoms with van der Waals surface area (Å²) in [5.41, 5.74) is 2.06. The zero-order valence-electron chi connectivity index (χ0n) is 19.8. The maximum absolute atomic E-state index is 13.0.